The third-order valence-corrected chi connectivity index (χ3v) is 4.52. The zero-order valence-corrected chi connectivity index (χ0v) is 17.5. The molecule has 0 radical (unpaired) electrons. The van der Waals surface area contributed by atoms with Crippen molar-refractivity contribution in [2.24, 2.45) is 5.10 Å². The standard InChI is InChI=1S/C23H21BrN2O3/c1-17(29-21-12-10-20(24)11-13-21)23(27)26-25-15-19-8-5-9-22(14-19)28-16-18-6-3-2-4-7-18/h2-15,17H,16H2,1H3,(H,26,27)/b25-15+. The van der Waals surface area contributed by atoms with E-state index in [1.165, 1.54) is 0 Å². The van der Waals surface area contributed by atoms with Crippen molar-refractivity contribution >= 4 is 28.1 Å². The van der Waals surface area contributed by atoms with Crippen LogP contribution in [-0.4, -0.2) is 18.2 Å². The Hall–Kier alpha value is -3.12. The summed E-state index contributed by atoms with van der Waals surface area (Å²) in [5.74, 6) is 1.01. The number of amides is 1. The number of carbonyl (C=O) groups excluding carboxylic acids is 1. The first kappa shape index (κ1) is 20.6. The molecule has 0 spiro atoms. The molecule has 29 heavy (non-hydrogen) atoms. The Morgan fingerprint density at radius 3 is 2.55 bits per heavy atom. The number of benzene rings is 3. The highest BCUT2D eigenvalue weighted by molar-refractivity contribution is 9.10. The van der Waals surface area contributed by atoms with Crippen LogP contribution in [0.2, 0.25) is 0 Å². The van der Waals surface area contributed by atoms with Crippen molar-refractivity contribution in [1.82, 2.24) is 5.43 Å². The van der Waals surface area contributed by atoms with E-state index < -0.39 is 6.10 Å². The average Bonchev–Trinajstić information content (AvgIpc) is 2.75. The molecule has 0 aromatic heterocycles. The fraction of sp³-hybridized carbons (Fsp3) is 0.130. The Bertz CT molecular complexity index is 959. The highest BCUT2D eigenvalue weighted by Crippen LogP contribution is 2.17. The lowest BCUT2D eigenvalue weighted by atomic mass is 10.2. The second kappa shape index (κ2) is 10.4. The summed E-state index contributed by atoms with van der Waals surface area (Å²) in [6.07, 6.45) is 0.897. The summed E-state index contributed by atoms with van der Waals surface area (Å²) < 4.78 is 12.3. The smallest absolute Gasteiger partial charge is 0.280 e. The monoisotopic (exact) mass is 452 g/mol. The van der Waals surface area contributed by atoms with Gasteiger partial charge in [-0.25, -0.2) is 5.43 Å². The van der Waals surface area contributed by atoms with Crippen molar-refractivity contribution in [3.63, 3.8) is 0 Å². The molecule has 1 N–H and O–H groups in total. The highest BCUT2D eigenvalue weighted by atomic mass is 79.9. The van der Waals surface area contributed by atoms with Crippen molar-refractivity contribution < 1.29 is 14.3 Å². The molecule has 0 saturated heterocycles. The Morgan fingerprint density at radius 2 is 1.79 bits per heavy atom. The third kappa shape index (κ3) is 6.76. The predicted molar refractivity (Wildman–Crippen MR) is 117 cm³/mol. The van der Waals surface area contributed by atoms with E-state index in [1.54, 1.807) is 25.3 Å². The molecular weight excluding hydrogens is 432 g/mol. The molecule has 0 bridgehead atoms. The lowest BCUT2D eigenvalue weighted by Crippen LogP contribution is -2.33. The molecule has 3 aromatic carbocycles. The van der Waals surface area contributed by atoms with Crippen LogP contribution >= 0.6 is 15.9 Å². The lowest BCUT2D eigenvalue weighted by Gasteiger charge is -2.12. The number of hydrazone groups is 1. The van der Waals surface area contributed by atoms with Gasteiger partial charge in [-0.3, -0.25) is 4.79 Å². The summed E-state index contributed by atoms with van der Waals surface area (Å²) in [4.78, 5) is 12.1. The second-order valence-corrected chi connectivity index (χ2v) is 7.21. The first-order valence-corrected chi connectivity index (χ1v) is 9.91. The van der Waals surface area contributed by atoms with E-state index in [-0.39, 0.29) is 5.91 Å². The van der Waals surface area contributed by atoms with Gasteiger partial charge in [0.25, 0.3) is 5.91 Å². The largest absolute Gasteiger partial charge is 0.489 e. The molecule has 5 nitrogen and oxygen atoms in total. The van der Waals surface area contributed by atoms with E-state index >= 15 is 0 Å². The van der Waals surface area contributed by atoms with Gasteiger partial charge in [0.1, 0.15) is 18.1 Å². The minimum absolute atomic E-state index is 0.333. The summed E-state index contributed by atoms with van der Waals surface area (Å²) in [6.45, 7) is 2.16. The number of hydrogen-bond acceptors (Lipinski definition) is 4. The van der Waals surface area contributed by atoms with Crippen molar-refractivity contribution in [2.45, 2.75) is 19.6 Å². The zero-order valence-electron chi connectivity index (χ0n) is 15.9. The molecule has 0 aliphatic carbocycles. The molecule has 6 heteroatoms. The third-order valence-electron chi connectivity index (χ3n) is 3.99. The maximum absolute atomic E-state index is 12.1. The summed E-state index contributed by atoms with van der Waals surface area (Å²) in [6, 6.07) is 24.7. The van der Waals surface area contributed by atoms with Crippen LogP contribution in [0.1, 0.15) is 18.1 Å². The van der Waals surface area contributed by atoms with Crippen molar-refractivity contribution in [1.29, 1.82) is 0 Å². The highest BCUT2D eigenvalue weighted by Gasteiger charge is 2.13. The fourth-order valence-electron chi connectivity index (χ4n) is 2.46. The van der Waals surface area contributed by atoms with Crippen molar-refractivity contribution in [3.8, 4) is 11.5 Å². The van der Waals surface area contributed by atoms with Crippen LogP contribution < -0.4 is 14.9 Å². The lowest BCUT2D eigenvalue weighted by molar-refractivity contribution is -0.127. The molecule has 3 rings (SSSR count). The number of halogens is 1. The number of rotatable bonds is 8. The molecular formula is C23H21BrN2O3. The van der Waals surface area contributed by atoms with Crippen LogP contribution in [0, 0.1) is 0 Å². The molecule has 1 atom stereocenters. The molecule has 1 unspecified atom stereocenters. The maximum atomic E-state index is 12.1. The van der Waals surface area contributed by atoms with Crippen LogP contribution in [0.4, 0.5) is 0 Å². The Balaban J connectivity index is 1.50. The summed E-state index contributed by atoms with van der Waals surface area (Å²) in [5.41, 5.74) is 4.41. The number of ether oxygens (including phenoxy) is 2. The van der Waals surface area contributed by atoms with E-state index in [0.717, 1.165) is 21.3 Å². The zero-order chi connectivity index (χ0) is 20.5. The van der Waals surface area contributed by atoms with Gasteiger partial charge >= 0.3 is 0 Å². The van der Waals surface area contributed by atoms with Crippen LogP contribution in [0.5, 0.6) is 11.5 Å². The molecule has 148 valence electrons. The first-order valence-electron chi connectivity index (χ1n) is 9.12. The minimum atomic E-state index is -0.672. The van der Waals surface area contributed by atoms with E-state index in [9.17, 15) is 4.79 Å². The molecule has 0 heterocycles. The number of carbonyl (C=O) groups is 1. The van der Waals surface area contributed by atoms with Gasteiger partial charge in [0.05, 0.1) is 6.21 Å². The van der Waals surface area contributed by atoms with Gasteiger partial charge in [0, 0.05) is 4.47 Å². The van der Waals surface area contributed by atoms with Crippen LogP contribution in [0.15, 0.2) is 88.4 Å². The summed E-state index contributed by atoms with van der Waals surface area (Å²) in [7, 11) is 0. The van der Waals surface area contributed by atoms with Crippen molar-refractivity contribution in [3.05, 3.63) is 94.5 Å². The molecule has 0 aliphatic heterocycles. The molecule has 0 fully saturated rings. The van der Waals surface area contributed by atoms with Gasteiger partial charge in [-0.1, -0.05) is 58.4 Å². The van der Waals surface area contributed by atoms with E-state index in [0.29, 0.717) is 12.4 Å². The topological polar surface area (TPSA) is 59.9 Å². The van der Waals surface area contributed by atoms with Crippen LogP contribution in [0.25, 0.3) is 0 Å². The quantitative estimate of drug-likeness (QED) is 0.388. The SMILES string of the molecule is CC(Oc1ccc(Br)cc1)C(=O)N/N=C/c1cccc(OCc2ccccc2)c1. The average molecular weight is 453 g/mol. The first-order chi connectivity index (χ1) is 14.1. The molecule has 3 aromatic rings. The summed E-state index contributed by atoms with van der Waals surface area (Å²) >= 11 is 3.36. The fourth-order valence-corrected chi connectivity index (χ4v) is 2.72. The minimum Gasteiger partial charge on any atom is -0.489 e. The normalized spacial score (nSPS) is 11.8. The van der Waals surface area contributed by atoms with E-state index in [2.05, 4.69) is 26.5 Å². The number of hydrogen-bond donors (Lipinski definition) is 1. The Labute approximate surface area is 178 Å². The molecule has 0 saturated carbocycles. The number of nitrogens with one attached hydrogen (secondary N) is 1. The Kier molecular flexibility index (Phi) is 7.41. The molecule has 0 aliphatic rings. The van der Waals surface area contributed by atoms with E-state index in [4.69, 9.17) is 9.47 Å². The predicted octanol–water partition coefficient (Wildman–Crippen LogP) is 4.95. The van der Waals surface area contributed by atoms with Gasteiger partial charge < -0.3 is 9.47 Å². The van der Waals surface area contributed by atoms with Crippen molar-refractivity contribution in [2.75, 3.05) is 0 Å². The van der Waals surface area contributed by atoms with Gasteiger partial charge in [-0.2, -0.15) is 5.10 Å². The van der Waals surface area contributed by atoms with Gasteiger partial charge in [-0.15, -0.1) is 0 Å². The van der Waals surface area contributed by atoms with Gasteiger partial charge in [-0.05, 0) is 54.4 Å². The van der Waals surface area contributed by atoms with Crippen LogP contribution in [-0.2, 0) is 11.4 Å². The van der Waals surface area contributed by atoms with Gasteiger partial charge in [0.2, 0.25) is 0 Å². The molecule has 1 amide bonds. The van der Waals surface area contributed by atoms with Crippen LogP contribution in [0.3, 0.4) is 0 Å². The number of nitrogens with zero attached hydrogens (tertiary/aromatic N) is 1. The summed E-state index contributed by atoms with van der Waals surface area (Å²) in [5, 5.41) is 4.01. The maximum Gasteiger partial charge on any atom is 0.280 e. The van der Waals surface area contributed by atoms with E-state index in [1.807, 2.05) is 66.7 Å². The second-order valence-electron chi connectivity index (χ2n) is 6.30. The van der Waals surface area contributed by atoms with Gasteiger partial charge in [0.15, 0.2) is 6.10 Å². The Morgan fingerprint density at radius 1 is 1.03 bits per heavy atom.